The molecule has 2 aromatic heterocycles. The van der Waals surface area contributed by atoms with Crippen molar-refractivity contribution >= 4 is 11.6 Å². The quantitative estimate of drug-likeness (QED) is 0.736. The lowest BCUT2D eigenvalue weighted by Gasteiger charge is -2.13. The van der Waals surface area contributed by atoms with Crippen molar-refractivity contribution in [1.82, 2.24) is 20.0 Å². The number of aromatic nitrogens is 4. The van der Waals surface area contributed by atoms with Crippen molar-refractivity contribution in [3.63, 3.8) is 0 Å². The third-order valence-electron chi connectivity index (χ3n) is 4.09. The van der Waals surface area contributed by atoms with Crippen LogP contribution in [0.1, 0.15) is 30.1 Å². The average Bonchev–Trinajstić information content (AvgIpc) is 3.31. The van der Waals surface area contributed by atoms with Crippen molar-refractivity contribution in [3.8, 4) is 16.8 Å². The molecule has 0 saturated heterocycles. The highest BCUT2D eigenvalue weighted by Crippen LogP contribution is 2.41. The van der Waals surface area contributed by atoms with Crippen LogP contribution in [0.15, 0.2) is 36.5 Å². The van der Waals surface area contributed by atoms with E-state index in [0.717, 1.165) is 29.7 Å². The first-order valence-electron chi connectivity index (χ1n) is 7.64. The smallest absolute Gasteiger partial charge is 0.129 e. The van der Waals surface area contributed by atoms with Crippen molar-refractivity contribution in [1.29, 1.82) is 0 Å². The number of aliphatic hydroxyl groups excluding tert-OH is 1. The predicted molar refractivity (Wildman–Crippen MR) is 87.5 cm³/mol. The van der Waals surface area contributed by atoms with E-state index in [2.05, 4.69) is 15.3 Å². The van der Waals surface area contributed by atoms with Crippen LogP contribution in [0.3, 0.4) is 0 Å². The number of hydrogen-bond donors (Lipinski definition) is 1. The molecule has 122 valence electrons. The van der Waals surface area contributed by atoms with Gasteiger partial charge in [0.1, 0.15) is 11.0 Å². The Bertz CT molecular complexity index is 907. The summed E-state index contributed by atoms with van der Waals surface area (Å²) < 4.78 is 15.3. The lowest BCUT2D eigenvalue weighted by molar-refractivity contribution is 0.273. The molecule has 1 fully saturated rings. The molecule has 1 aromatic carbocycles. The predicted octanol–water partition coefficient (Wildman–Crippen LogP) is 3.49. The van der Waals surface area contributed by atoms with Crippen molar-refractivity contribution in [2.24, 2.45) is 0 Å². The van der Waals surface area contributed by atoms with Gasteiger partial charge in [0.15, 0.2) is 0 Å². The van der Waals surface area contributed by atoms with Crippen LogP contribution in [-0.4, -0.2) is 25.1 Å². The summed E-state index contributed by atoms with van der Waals surface area (Å²) in [5.74, 6) is 0.0569. The Morgan fingerprint density at radius 3 is 2.83 bits per heavy atom. The van der Waals surface area contributed by atoms with Crippen LogP contribution in [0.25, 0.3) is 16.8 Å². The molecule has 5 nitrogen and oxygen atoms in total. The zero-order chi connectivity index (χ0) is 16.7. The van der Waals surface area contributed by atoms with Crippen molar-refractivity contribution in [2.75, 3.05) is 0 Å². The lowest BCUT2D eigenvalue weighted by atomic mass is 10.0. The standard InChI is InChI=1S/C17H14ClFN4O/c18-17-6-11(5-15(21-17)10-1-2-10)14-4-3-12(19)7-16(14)23-13(9-24)8-20-22-23/h3-8,10,24H,1-2,9H2. The Balaban J connectivity index is 1.90. The number of rotatable bonds is 4. The summed E-state index contributed by atoms with van der Waals surface area (Å²) in [4.78, 5) is 4.38. The van der Waals surface area contributed by atoms with Crippen LogP contribution >= 0.6 is 11.6 Å². The fourth-order valence-electron chi connectivity index (χ4n) is 2.75. The van der Waals surface area contributed by atoms with Gasteiger partial charge in [-0.25, -0.2) is 14.1 Å². The monoisotopic (exact) mass is 344 g/mol. The lowest BCUT2D eigenvalue weighted by Crippen LogP contribution is -2.05. The molecule has 1 aliphatic carbocycles. The number of nitrogens with zero attached hydrogens (tertiary/aromatic N) is 4. The Morgan fingerprint density at radius 2 is 2.08 bits per heavy atom. The summed E-state index contributed by atoms with van der Waals surface area (Å²) in [5.41, 5.74) is 3.52. The fraction of sp³-hybridized carbons (Fsp3) is 0.235. The molecular formula is C17H14ClFN4O. The minimum absolute atomic E-state index is 0.243. The first kappa shape index (κ1) is 15.2. The van der Waals surface area contributed by atoms with Gasteiger partial charge in [0, 0.05) is 23.2 Å². The third-order valence-corrected chi connectivity index (χ3v) is 4.28. The maximum absolute atomic E-state index is 13.8. The zero-order valence-corrected chi connectivity index (χ0v) is 13.4. The molecule has 0 unspecified atom stereocenters. The van der Waals surface area contributed by atoms with Gasteiger partial charge >= 0.3 is 0 Å². The second-order valence-electron chi connectivity index (χ2n) is 5.83. The molecule has 7 heteroatoms. The minimum Gasteiger partial charge on any atom is -0.390 e. The highest BCUT2D eigenvalue weighted by molar-refractivity contribution is 6.29. The molecule has 1 saturated carbocycles. The summed E-state index contributed by atoms with van der Waals surface area (Å²) in [6, 6.07) is 8.17. The number of aliphatic hydroxyl groups is 1. The van der Waals surface area contributed by atoms with Crippen molar-refractivity contribution < 1.29 is 9.50 Å². The fourth-order valence-corrected chi connectivity index (χ4v) is 2.97. The van der Waals surface area contributed by atoms with Crippen LogP contribution in [0.2, 0.25) is 5.15 Å². The second-order valence-corrected chi connectivity index (χ2v) is 6.22. The molecule has 0 spiro atoms. The Labute approximate surface area is 142 Å². The number of halogens is 2. The maximum Gasteiger partial charge on any atom is 0.129 e. The Morgan fingerprint density at radius 1 is 1.25 bits per heavy atom. The van der Waals surface area contributed by atoms with Gasteiger partial charge in [-0.1, -0.05) is 16.8 Å². The van der Waals surface area contributed by atoms with E-state index in [9.17, 15) is 9.50 Å². The summed E-state index contributed by atoms with van der Waals surface area (Å²) in [6.45, 7) is -0.243. The first-order valence-corrected chi connectivity index (χ1v) is 8.01. The van der Waals surface area contributed by atoms with Gasteiger partial charge in [-0.3, -0.25) is 0 Å². The molecule has 2 heterocycles. The van der Waals surface area contributed by atoms with E-state index in [4.69, 9.17) is 11.6 Å². The van der Waals surface area contributed by atoms with Gasteiger partial charge in [-0.2, -0.15) is 0 Å². The molecule has 0 amide bonds. The van der Waals surface area contributed by atoms with E-state index in [1.54, 1.807) is 12.1 Å². The average molecular weight is 345 g/mol. The topological polar surface area (TPSA) is 63.8 Å². The Hall–Kier alpha value is -2.31. The van der Waals surface area contributed by atoms with Crippen LogP contribution in [-0.2, 0) is 6.61 Å². The van der Waals surface area contributed by atoms with E-state index in [-0.39, 0.29) is 6.61 Å². The highest BCUT2D eigenvalue weighted by atomic mass is 35.5. The van der Waals surface area contributed by atoms with Crippen molar-refractivity contribution in [3.05, 3.63) is 58.9 Å². The SMILES string of the molecule is OCc1cnnn1-c1cc(F)ccc1-c1cc(Cl)nc(C2CC2)c1. The molecule has 1 aliphatic rings. The van der Waals surface area contributed by atoms with Crippen molar-refractivity contribution in [2.45, 2.75) is 25.4 Å². The van der Waals surface area contributed by atoms with Crippen LogP contribution < -0.4 is 0 Å². The molecule has 0 bridgehead atoms. The van der Waals surface area contributed by atoms with Crippen LogP contribution in [0, 0.1) is 5.82 Å². The zero-order valence-electron chi connectivity index (χ0n) is 12.7. The molecule has 0 aliphatic heterocycles. The molecule has 0 atom stereocenters. The molecule has 4 rings (SSSR count). The van der Waals surface area contributed by atoms with Gasteiger partial charge in [-0.15, -0.1) is 5.10 Å². The Kier molecular flexibility index (Phi) is 3.78. The van der Waals surface area contributed by atoms with E-state index in [1.165, 1.54) is 23.0 Å². The molecule has 0 radical (unpaired) electrons. The summed E-state index contributed by atoms with van der Waals surface area (Å²) in [7, 11) is 0. The number of pyridine rings is 1. The summed E-state index contributed by atoms with van der Waals surface area (Å²) >= 11 is 6.18. The molecular weight excluding hydrogens is 331 g/mol. The third kappa shape index (κ3) is 2.79. The van der Waals surface area contributed by atoms with E-state index in [0.29, 0.717) is 22.5 Å². The number of benzene rings is 1. The van der Waals surface area contributed by atoms with E-state index < -0.39 is 5.82 Å². The first-order chi connectivity index (χ1) is 11.7. The highest BCUT2D eigenvalue weighted by Gasteiger charge is 2.26. The largest absolute Gasteiger partial charge is 0.390 e. The van der Waals surface area contributed by atoms with Gasteiger partial charge in [0.25, 0.3) is 0 Å². The minimum atomic E-state index is -0.393. The van der Waals surface area contributed by atoms with Gasteiger partial charge in [-0.05, 0) is 42.7 Å². The number of hydrogen-bond acceptors (Lipinski definition) is 4. The normalized spacial score (nSPS) is 14.1. The van der Waals surface area contributed by atoms with Crippen LogP contribution in [0.4, 0.5) is 4.39 Å². The van der Waals surface area contributed by atoms with Crippen LogP contribution in [0.5, 0.6) is 0 Å². The molecule has 24 heavy (non-hydrogen) atoms. The maximum atomic E-state index is 13.8. The van der Waals surface area contributed by atoms with Gasteiger partial charge in [0.05, 0.1) is 24.2 Å². The summed E-state index contributed by atoms with van der Waals surface area (Å²) in [5, 5.41) is 17.6. The van der Waals surface area contributed by atoms with E-state index >= 15 is 0 Å². The van der Waals surface area contributed by atoms with E-state index in [1.807, 2.05) is 6.07 Å². The summed E-state index contributed by atoms with van der Waals surface area (Å²) in [6.07, 6.45) is 3.67. The molecule has 3 aromatic rings. The van der Waals surface area contributed by atoms with Gasteiger partial charge in [0.2, 0.25) is 0 Å². The second kappa shape index (κ2) is 5.96. The van der Waals surface area contributed by atoms with Gasteiger partial charge < -0.3 is 5.11 Å². The molecule has 1 N–H and O–H groups in total.